The minimum Gasteiger partial charge on any atom is -0.456 e. The third kappa shape index (κ3) is 14.6. The molecular formula is C131H85N9O4. The Labute approximate surface area is 828 Å². The number of hydrogen-bond acceptors (Lipinski definition) is 13. The van der Waals surface area contributed by atoms with Gasteiger partial charge in [0.05, 0.1) is 5.56 Å². The van der Waals surface area contributed by atoms with Gasteiger partial charge in [-0.2, -0.15) is 0 Å². The van der Waals surface area contributed by atoms with Crippen LogP contribution in [0.15, 0.2) is 461 Å². The lowest BCUT2D eigenvalue weighted by molar-refractivity contribution is 0.660. The summed E-state index contributed by atoms with van der Waals surface area (Å²) in [6.45, 7) is 9.19. The number of furan rings is 4. The van der Waals surface area contributed by atoms with Crippen LogP contribution >= 0.6 is 0 Å². The van der Waals surface area contributed by atoms with Gasteiger partial charge in [0.1, 0.15) is 44.7 Å². The van der Waals surface area contributed by atoms with Gasteiger partial charge in [-0.1, -0.05) is 386 Å². The Morgan fingerprint density at radius 2 is 0.486 bits per heavy atom. The maximum Gasteiger partial charge on any atom is 0.167 e. The Morgan fingerprint density at radius 3 is 1.05 bits per heavy atom. The first kappa shape index (κ1) is 84.4. The Bertz CT molecular complexity index is 9870. The molecule has 0 aliphatic heterocycles. The van der Waals surface area contributed by atoms with Crippen molar-refractivity contribution < 1.29 is 17.7 Å². The summed E-state index contributed by atoms with van der Waals surface area (Å²) in [6.07, 6.45) is 0. The van der Waals surface area contributed by atoms with Gasteiger partial charge >= 0.3 is 0 Å². The molecule has 0 bridgehead atoms. The monoisotopic (exact) mass is 1850 g/mol. The van der Waals surface area contributed by atoms with Crippen LogP contribution in [0.5, 0.6) is 0 Å². The molecule has 7 heterocycles. The summed E-state index contributed by atoms with van der Waals surface area (Å²) in [5.41, 5.74) is 31.9. The van der Waals surface area contributed by atoms with E-state index in [1.54, 1.807) is 0 Å². The van der Waals surface area contributed by atoms with E-state index in [1.165, 1.54) is 60.7 Å². The van der Waals surface area contributed by atoms with Crippen LogP contribution in [0.2, 0.25) is 0 Å². The van der Waals surface area contributed by atoms with E-state index in [2.05, 4.69) is 331 Å². The fourth-order valence-corrected chi connectivity index (χ4v) is 21.6. The average Bonchev–Trinajstić information content (AvgIpc) is 1.43. The highest BCUT2D eigenvalue weighted by Gasteiger charge is 2.38. The van der Waals surface area contributed by atoms with Crippen molar-refractivity contribution in [1.82, 2.24) is 44.9 Å². The molecule has 0 radical (unpaired) electrons. The van der Waals surface area contributed by atoms with E-state index in [-0.39, 0.29) is 10.8 Å². The van der Waals surface area contributed by atoms with Gasteiger partial charge in [0.2, 0.25) is 0 Å². The van der Waals surface area contributed by atoms with Gasteiger partial charge in [-0.25, -0.2) is 44.9 Å². The maximum absolute atomic E-state index is 6.37. The summed E-state index contributed by atoms with van der Waals surface area (Å²) in [5, 5.41) is 13.5. The fraction of sp³-hybridized carbons (Fsp3) is 0.0458. The lowest BCUT2D eigenvalue weighted by atomic mass is 9.82. The highest BCUT2D eigenvalue weighted by molar-refractivity contribution is 6.20. The summed E-state index contributed by atoms with van der Waals surface area (Å²) < 4.78 is 25.1. The van der Waals surface area contributed by atoms with E-state index in [0.717, 1.165) is 177 Å². The number of rotatable bonds is 12. The maximum atomic E-state index is 6.37. The van der Waals surface area contributed by atoms with Crippen LogP contribution in [0, 0.1) is 0 Å². The summed E-state index contributed by atoms with van der Waals surface area (Å²) in [5.74, 6) is 5.65. The lowest BCUT2D eigenvalue weighted by Crippen LogP contribution is -2.15. The molecule has 0 fully saturated rings. The molecule has 0 unspecified atom stereocenters. The van der Waals surface area contributed by atoms with Crippen molar-refractivity contribution in [3.63, 3.8) is 0 Å². The molecule has 0 atom stereocenters. The number of aromatic nitrogens is 9. The normalized spacial score (nSPS) is 12.7. The van der Waals surface area contributed by atoms with E-state index in [1.807, 2.05) is 140 Å². The van der Waals surface area contributed by atoms with Gasteiger partial charge in [0, 0.05) is 104 Å². The molecule has 20 aromatic carbocycles. The van der Waals surface area contributed by atoms with Crippen molar-refractivity contribution >= 4 is 109 Å². The molecule has 7 aromatic heterocycles. The molecule has 27 aromatic rings. The number of hydrogen-bond donors (Lipinski definition) is 0. The van der Waals surface area contributed by atoms with Gasteiger partial charge in [-0.05, 0) is 179 Å². The van der Waals surface area contributed by atoms with E-state index >= 15 is 0 Å². The largest absolute Gasteiger partial charge is 0.456 e. The molecule has 2 aliphatic carbocycles. The lowest BCUT2D eigenvalue weighted by Gasteiger charge is -2.21. The zero-order valence-electron chi connectivity index (χ0n) is 78.8. The van der Waals surface area contributed by atoms with Crippen molar-refractivity contribution in [3.05, 3.63) is 465 Å². The summed E-state index contributed by atoms with van der Waals surface area (Å²) in [6, 6.07) is 153. The molecule has 0 saturated heterocycles. The summed E-state index contributed by atoms with van der Waals surface area (Å²) in [4.78, 5) is 45.5. The van der Waals surface area contributed by atoms with Crippen LogP contribution in [-0.4, -0.2) is 44.9 Å². The molecule has 0 amide bonds. The van der Waals surface area contributed by atoms with Crippen LogP contribution in [0.25, 0.3) is 267 Å². The number of benzene rings is 20. The van der Waals surface area contributed by atoms with Crippen LogP contribution < -0.4 is 0 Å². The predicted octanol–water partition coefficient (Wildman–Crippen LogP) is 34.1. The molecule has 13 nitrogen and oxygen atoms in total. The van der Waals surface area contributed by atoms with Crippen molar-refractivity contribution in [1.29, 1.82) is 0 Å². The first-order valence-corrected chi connectivity index (χ1v) is 48.6. The Kier molecular flexibility index (Phi) is 20.0. The van der Waals surface area contributed by atoms with E-state index in [9.17, 15) is 0 Å². The van der Waals surface area contributed by atoms with Crippen LogP contribution in [-0.2, 0) is 10.8 Å². The third-order valence-electron chi connectivity index (χ3n) is 28.8. The topological polar surface area (TPSA) is 169 Å². The van der Waals surface area contributed by atoms with E-state index in [0.29, 0.717) is 52.4 Å². The molecular weight excluding hydrogens is 1760 g/mol. The first-order valence-electron chi connectivity index (χ1n) is 48.6. The molecule has 29 rings (SSSR count). The standard InChI is InChI=1S/C46H31N3O.C43H25N3O2.C42H29N3O/c1-46(2)39-18-10-8-16-34(39)35-22-20-31(27-40(35)46)44-47-43(28-12-4-3-5-13-28)48-45(49-44)32-24-29-14-6-7-15-33(29)37(26-32)30-21-23-42-38(25-30)36-17-9-11-19-41(36)50-42;1-2-10-28(11-3-1)41-44-42(46-43(45-41)34-15-8-14-33-32-13-6-7-16-36(32)48-40(33)34)29-19-17-26(18-20-29)30-22-23-37-35(25-30)39-31-12-5-4-9-27(31)21-24-38(39)47-37;1-42(2)35-20-8-6-16-31(35)32-23-22-29(25-36(32)42)41-44-39(26-12-4-3-5-13-26)43-40(45-41)28-15-10-14-27(24-28)30-18-11-19-34-33-17-7-9-21-37(33)46-38(30)34/h3-27H,1-2H3;1-25H;3-25H,1-2H3. The van der Waals surface area contributed by atoms with Crippen molar-refractivity contribution in [2.24, 2.45) is 0 Å². The Balaban J connectivity index is 0.000000108. The number of nitrogens with zero attached hydrogens (tertiary/aromatic N) is 9. The van der Waals surface area contributed by atoms with Crippen LogP contribution in [0.3, 0.4) is 0 Å². The molecule has 0 saturated carbocycles. The SMILES string of the molecule is CC1(C)c2ccccc2-c2ccc(-c3nc(-c4ccccc4)nc(-c4cc(-c5ccc6oc7ccccc7c6c5)c5ccccc5c4)n3)cc21.CC1(C)c2ccccc2-c2ccc(-c3nc(-c4ccccc4)nc(-c4cccc(-c5cccc6c5oc5ccccc56)c4)n3)cc21.c1ccc(-c2nc(-c3ccc(-c4ccc5oc6ccc7ccccc7c6c5c4)cc3)nc(-c3cccc4c3oc3ccccc34)n2)cc1. The zero-order valence-corrected chi connectivity index (χ0v) is 78.8. The highest BCUT2D eigenvalue weighted by Crippen LogP contribution is 2.53. The van der Waals surface area contributed by atoms with Gasteiger partial charge in [0.15, 0.2) is 52.4 Å². The quantitative estimate of drug-likeness (QED) is 0.113. The molecule has 0 spiro atoms. The Morgan fingerprint density at radius 1 is 0.153 bits per heavy atom. The third-order valence-corrected chi connectivity index (χ3v) is 28.8. The van der Waals surface area contributed by atoms with E-state index in [4.69, 9.17) is 62.5 Å². The first-order chi connectivity index (χ1) is 70.8. The fourth-order valence-electron chi connectivity index (χ4n) is 21.6. The smallest absolute Gasteiger partial charge is 0.167 e. The van der Waals surface area contributed by atoms with Crippen molar-refractivity contribution in [2.45, 2.75) is 38.5 Å². The second-order valence-electron chi connectivity index (χ2n) is 38.1. The Hall–Kier alpha value is -18.9. The molecule has 0 N–H and O–H groups in total. The molecule has 13 heteroatoms. The number of fused-ring (bicyclic) bond motifs is 21. The van der Waals surface area contributed by atoms with Gasteiger partial charge < -0.3 is 17.7 Å². The van der Waals surface area contributed by atoms with Crippen molar-refractivity contribution in [3.8, 4) is 158 Å². The number of para-hydroxylation sites is 5. The molecule has 144 heavy (non-hydrogen) atoms. The van der Waals surface area contributed by atoms with Gasteiger partial charge in [0.25, 0.3) is 0 Å². The predicted molar refractivity (Wildman–Crippen MR) is 584 cm³/mol. The zero-order chi connectivity index (χ0) is 95.8. The summed E-state index contributed by atoms with van der Waals surface area (Å²) >= 11 is 0. The molecule has 678 valence electrons. The van der Waals surface area contributed by atoms with Gasteiger partial charge in [-0.15, -0.1) is 0 Å². The summed E-state index contributed by atoms with van der Waals surface area (Å²) in [7, 11) is 0. The van der Waals surface area contributed by atoms with Crippen LogP contribution in [0.1, 0.15) is 49.9 Å². The highest BCUT2D eigenvalue weighted by atomic mass is 16.3. The average molecular weight is 1850 g/mol. The minimum atomic E-state index is -0.130. The second-order valence-corrected chi connectivity index (χ2v) is 38.1. The molecule has 2 aliphatic rings. The minimum absolute atomic E-state index is 0.119. The van der Waals surface area contributed by atoms with Crippen LogP contribution in [0.4, 0.5) is 0 Å². The van der Waals surface area contributed by atoms with Gasteiger partial charge in [-0.3, -0.25) is 0 Å². The second kappa shape index (κ2) is 34.1. The van der Waals surface area contributed by atoms with Crippen molar-refractivity contribution in [2.75, 3.05) is 0 Å². The van der Waals surface area contributed by atoms with E-state index < -0.39 is 0 Å².